The van der Waals surface area contributed by atoms with Crippen molar-refractivity contribution in [1.29, 1.82) is 0 Å². The average Bonchev–Trinajstić information content (AvgIpc) is 3.61. The third-order valence-corrected chi connectivity index (χ3v) is 8.03. The highest BCUT2D eigenvalue weighted by molar-refractivity contribution is 5.78. The number of aromatic nitrogens is 1. The van der Waals surface area contributed by atoms with Gasteiger partial charge in [-0.15, -0.1) is 0 Å². The Morgan fingerprint density at radius 2 is 1.59 bits per heavy atom. The first-order valence-electron chi connectivity index (χ1n) is 13.4. The molecule has 0 saturated heterocycles. The Labute approximate surface area is 219 Å². The summed E-state index contributed by atoms with van der Waals surface area (Å²) in [5.74, 6) is 0.736. The fourth-order valence-corrected chi connectivity index (χ4v) is 5.73. The molecule has 6 heteroatoms. The smallest absolute Gasteiger partial charge is 0.313 e. The normalized spacial score (nSPS) is 17.2. The Bertz CT molecular complexity index is 1090. The molecule has 1 fully saturated rings. The predicted octanol–water partition coefficient (Wildman–Crippen LogP) is 6.59. The first-order chi connectivity index (χ1) is 17.9. The number of amides is 1. The molecule has 196 valence electrons. The lowest BCUT2D eigenvalue weighted by molar-refractivity contribution is -0.160. The van der Waals surface area contributed by atoms with Crippen LogP contribution in [0.15, 0.2) is 77.7 Å². The van der Waals surface area contributed by atoms with Gasteiger partial charge in [-0.1, -0.05) is 80.4 Å². The number of benzene rings is 2. The van der Waals surface area contributed by atoms with Crippen LogP contribution in [0.2, 0.25) is 0 Å². The van der Waals surface area contributed by atoms with Gasteiger partial charge in [-0.3, -0.25) is 9.59 Å². The molecule has 2 aromatic carbocycles. The summed E-state index contributed by atoms with van der Waals surface area (Å²) >= 11 is 0. The summed E-state index contributed by atoms with van der Waals surface area (Å²) in [5.41, 5.74) is 1.40. The minimum atomic E-state index is -0.531. The number of hydrogen-bond donors (Lipinski definition) is 1. The fraction of sp³-hybridized carbons (Fsp3) is 0.452. The van der Waals surface area contributed by atoms with E-state index in [1.165, 1.54) is 13.3 Å². The summed E-state index contributed by atoms with van der Waals surface area (Å²) in [6.07, 6.45) is 7.87. The zero-order valence-electron chi connectivity index (χ0n) is 22.1. The Hall–Kier alpha value is -3.41. The molecule has 1 aromatic heterocycles. The molecule has 3 atom stereocenters. The summed E-state index contributed by atoms with van der Waals surface area (Å²) in [5, 5.41) is 3.01. The number of carbonyl (C=O) groups is 2. The van der Waals surface area contributed by atoms with Gasteiger partial charge in [-0.25, -0.2) is 4.98 Å². The highest BCUT2D eigenvalue weighted by Crippen LogP contribution is 2.47. The van der Waals surface area contributed by atoms with Crippen molar-refractivity contribution < 1.29 is 18.7 Å². The van der Waals surface area contributed by atoms with Crippen LogP contribution in [0.4, 0.5) is 0 Å². The van der Waals surface area contributed by atoms with E-state index in [2.05, 4.69) is 17.2 Å². The molecule has 1 amide bonds. The van der Waals surface area contributed by atoms with E-state index in [0.29, 0.717) is 6.42 Å². The van der Waals surface area contributed by atoms with Crippen molar-refractivity contribution in [1.82, 2.24) is 10.3 Å². The van der Waals surface area contributed by atoms with Crippen molar-refractivity contribution in [2.75, 3.05) is 0 Å². The van der Waals surface area contributed by atoms with Crippen molar-refractivity contribution in [2.45, 2.75) is 77.4 Å². The van der Waals surface area contributed by atoms with E-state index in [1.54, 1.807) is 6.20 Å². The zero-order valence-corrected chi connectivity index (χ0v) is 22.1. The maximum Gasteiger partial charge on any atom is 0.313 e. The van der Waals surface area contributed by atoms with Gasteiger partial charge in [-0.05, 0) is 49.7 Å². The number of rotatable bonds is 11. The number of oxazole rings is 1. The van der Waals surface area contributed by atoms with Crippen LogP contribution in [0.25, 0.3) is 0 Å². The summed E-state index contributed by atoms with van der Waals surface area (Å²) in [6, 6.07) is 19.8. The van der Waals surface area contributed by atoms with E-state index >= 15 is 0 Å². The second-order valence-electron chi connectivity index (χ2n) is 10.5. The Balaban J connectivity index is 1.55. The molecule has 1 aliphatic rings. The summed E-state index contributed by atoms with van der Waals surface area (Å²) in [4.78, 5) is 29.8. The second kappa shape index (κ2) is 12.2. The highest BCUT2D eigenvalue weighted by atomic mass is 16.5. The lowest BCUT2D eigenvalue weighted by Gasteiger charge is -2.33. The second-order valence-corrected chi connectivity index (χ2v) is 10.5. The SMILES string of the molecule is CC(=O)NC(C)C(C)C(CCC1(C(=O)OC(c2ccccc2)c2ccccc2)CCCC1)c1cnco1. The van der Waals surface area contributed by atoms with Crippen LogP contribution in [-0.4, -0.2) is 22.9 Å². The number of esters is 1. The molecule has 1 saturated carbocycles. The van der Waals surface area contributed by atoms with Crippen LogP contribution in [0.3, 0.4) is 0 Å². The number of ether oxygens (including phenoxy) is 1. The topological polar surface area (TPSA) is 81.4 Å². The van der Waals surface area contributed by atoms with Crippen molar-refractivity contribution in [2.24, 2.45) is 11.3 Å². The number of nitrogens with zero attached hydrogens (tertiary/aromatic N) is 1. The molecule has 3 aromatic rings. The van der Waals surface area contributed by atoms with E-state index in [1.807, 2.05) is 67.6 Å². The third kappa shape index (κ3) is 6.48. The van der Waals surface area contributed by atoms with E-state index < -0.39 is 11.5 Å². The van der Waals surface area contributed by atoms with E-state index in [4.69, 9.17) is 9.15 Å². The van der Waals surface area contributed by atoms with Crippen molar-refractivity contribution in [3.63, 3.8) is 0 Å². The summed E-state index contributed by atoms with van der Waals surface area (Å²) in [7, 11) is 0. The van der Waals surface area contributed by atoms with E-state index in [0.717, 1.165) is 49.0 Å². The van der Waals surface area contributed by atoms with Gasteiger partial charge >= 0.3 is 5.97 Å². The molecule has 37 heavy (non-hydrogen) atoms. The van der Waals surface area contributed by atoms with Crippen molar-refractivity contribution in [3.05, 3.63) is 90.1 Å². The van der Waals surface area contributed by atoms with Crippen LogP contribution in [0.1, 0.15) is 88.2 Å². The van der Waals surface area contributed by atoms with Gasteiger partial charge in [0.05, 0.1) is 11.6 Å². The Kier molecular flexibility index (Phi) is 8.80. The Morgan fingerprint density at radius 1 is 1.00 bits per heavy atom. The molecule has 0 radical (unpaired) electrons. The van der Waals surface area contributed by atoms with Gasteiger partial charge in [0.1, 0.15) is 5.76 Å². The molecule has 1 heterocycles. The van der Waals surface area contributed by atoms with Crippen LogP contribution in [0.5, 0.6) is 0 Å². The maximum absolute atomic E-state index is 14.0. The first-order valence-corrected chi connectivity index (χ1v) is 13.4. The molecule has 0 aliphatic heterocycles. The van der Waals surface area contributed by atoms with Gasteiger partial charge < -0.3 is 14.5 Å². The minimum absolute atomic E-state index is 0.0219. The highest BCUT2D eigenvalue weighted by Gasteiger charge is 2.44. The number of nitrogens with one attached hydrogen (secondary N) is 1. The zero-order chi connectivity index (χ0) is 26.3. The molecule has 6 nitrogen and oxygen atoms in total. The molecular weight excluding hydrogens is 464 g/mol. The molecule has 3 unspecified atom stereocenters. The monoisotopic (exact) mass is 502 g/mol. The quantitative estimate of drug-likeness (QED) is 0.299. The van der Waals surface area contributed by atoms with E-state index in [9.17, 15) is 9.59 Å². The van der Waals surface area contributed by atoms with Gasteiger partial charge in [0.2, 0.25) is 5.91 Å². The van der Waals surface area contributed by atoms with Crippen LogP contribution < -0.4 is 5.32 Å². The van der Waals surface area contributed by atoms with Gasteiger partial charge in [0, 0.05) is 18.9 Å². The van der Waals surface area contributed by atoms with Gasteiger partial charge in [-0.2, -0.15) is 0 Å². The molecule has 1 aliphatic carbocycles. The van der Waals surface area contributed by atoms with Gasteiger partial charge in [0.15, 0.2) is 12.5 Å². The van der Waals surface area contributed by atoms with Crippen LogP contribution in [-0.2, 0) is 14.3 Å². The predicted molar refractivity (Wildman–Crippen MR) is 143 cm³/mol. The van der Waals surface area contributed by atoms with Crippen molar-refractivity contribution in [3.8, 4) is 0 Å². The molecule has 1 N–H and O–H groups in total. The maximum atomic E-state index is 14.0. The summed E-state index contributed by atoms with van der Waals surface area (Å²) < 4.78 is 12.1. The van der Waals surface area contributed by atoms with Crippen LogP contribution >= 0.6 is 0 Å². The van der Waals surface area contributed by atoms with E-state index in [-0.39, 0.29) is 29.8 Å². The fourth-order valence-electron chi connectivity index (χ4n) is 5.73. The van der Waals surface area contributed by atoms with Crippen LogP contribution in [0, 0.1) is 11.3 Å². The number of hydrogen-bond acceptors (Lipinski definition) is 5. The average molecular weight is 503 g/mol. The summed E-state index contributed by atoms with van der Waals surface area (Å²) in [6.45, 7) is 5.67. The minimum Gasteiger partial charge on any atom is -0.452 e. The third-order valence-electron chi connectivity index (χ3n) is 8.03. The lowest BCUT2D eigenvalue weighted by atomic mass is 9.75. The first kappa shape index (κ1) is 26.6. The lowest BCUT2D eigenvalue weighted by Crippen LogP contribution is -2.38. The van der Waals surface area contributed by atoms with Crippen molar-refractivity contribution >= 4 is 11.9 Å². The number of carbonyl (C=O) groups excluding carboxylic acids is 2. The molecule has 0 bridgehead atoms. The molecule has 4 rings (SSSR count). The van der Waals surface area contributed by atoms with Gasteiger partial charge in [0.25, 0.3) is 0 Å². The molecule has 0 spiro atoms. The molecular formula is C31H38N2O4. The largest absolute Gasteiger partial charge is 0.452 e. The standard InChI is InChI=1S/C31H38N2O4/c1-22(23(2)33-24(3)34)27(28-20-32-21-36-28)16-19-31(17-10-11-18-31)30(35)37-29(25-12-6-4-7-13-25)26-14-8-5-9-15-26/h4-9,12-15,20-23,27,29H,10-11,16-19H2,1-3H3,(H,33,34). The Morgan fingerprint density at radius 3 is 2.11 bits per heavy atom.